The first kappa shape index (κ1) is 23.7. The molecule has 1 amide bonds. The third-order valence-corrected chi connectivity index (χ3v) is 5.11. The van der Waals surface area contributed by atoms with E-state index in [-0.39, 0.29) is 5.39 Å². The lowest BCUT2D eigenvalue weighted by Crippen LogP contribution is -2.57. The Morgan fingerprint density at radius 3 is 2.31 bits per heavy atom. The Morgan fingerprint density at radius 1 is 1.03 bits per heavy atom. The molecule has 3 rings (SSSR count). The second-order valence-electron chi connectivity index (χ2n) is 6.69. The summed E-state index contributed by atoms with van der Waals surface area (Å²) in [6.07, 6.45) is -5.37. The lowest BCUT2D eigenvalue weighted by Gasteiger charge is -2.33. The molecule has 1 atom stereocenters. The molecule has 1 unspecified atom stereocenters. The second-order valence-corrected chi connectivity index (χ2v) is 7.61. The van der Waals surface area contributed by atoms with Crippen LogP contribution in [0.5, 0.6) is 0 Å². The quantitative estimate of drug-likeness (QED) is 0.287. The van der Waals surface area contributed by atoms with Crippen LogP contribution in [0.15, 0.2) is 65.1 Å². The normalized spacial score (nSPS) is 13.4. The van der Waals surface area contributed by atoms with Gasteiger partial charge in [0.25, 0.3) is 5.72 Å². The molecule has 0 fully saturated rings. The third kappa shape index (κ3) is 4.76. The van der Waals surface area contributed by atoms with Crippen LogP contribution in [-0.2, 0) is 31.4 Å². The van der Waals surface area contributed by atoms with Crippen molar-refractivity contribution < 1.29 is 36.6 Å². The fraction of sp³-hybridized carbons (Fsp3) is 0.182. The Morgan fingerprint density at radius 2 is 1.69 bits per heavy atom. The number of nitrogens with one attached hydrogen (secondary N) is 1. The van der Waals surface area contributed by atoms with Gasteiger partial charge in [0.05, 0.1) is 19.3 Å². The summed E-state index contributed by atoms with van der Waals surface area (Å²) in [7, 11) is 0.887. The van der Waals surface area contributed by atoms with Crippen LogP contribution in [0.2, 0.25) is 0 Å². The number of hydrogen-bond acceptors (Lipinski definition) is 4. The number of esters is 1. The molecule has 0 saturated carbocycles. The van der Waals surface area contributed by atoms with E-state index in [2.05, 4.69) is 20.7 Å². The first-order chi connectivity index (χ1) is 15.1. The molecule has 32 heavy (non-hydrogen) atoms. The molecule has 1 N–H and O–H groups in total. The number of alkyl halides is 3. The van der Waals surface area contributed by atoms with Crippen LogP contribution in [0.25, 0.3) is 10.8 Å². The number of amides is 1. The van der Waals surface area contributed by atoms with Gasteiger partial charge in [-0.05, 0) is 29.1 Å². The minimum absolute atomic E-state index is 0.00489. The van der Waals surface area contributed by atoms with Gasteiger partial charge in [-0.15, -0.1) is 0 Å². The fourth-order valence-electron chi connectivity index (χ4n) is 3.07. The average Bonchev–Trinajstić information content (AvgIpc) is 2.77. The molecule has 0 radical (unpaired) electrons. The standard InChI is InChI=1S/C22H16BrF4NO4/c1-31-20(30)21(28-19(29)22(25,26)27,32-12-13-5-3-2-4-6-13)17-10-8-14-7-9-15(23)11-16(14)18(17)24/h2-11H,12H2,1H3,(H,28,29). The average molecular weight is 514 g/mol. The van der Waals surface area contributed by atoms with Crippen molar-refractivity contribution in [2.75, 3.05) is 7.11 Å². The molecule has 0 aliphatic rings. The van der Waals surface area contributed by atoms with Crippen LogP contribution in [-0.4, -0.2) is 25.2 Å². The largest absolute Gasteiger partial charge is 0.471 e. The van der Waals surface area contributed by atoms with E-state index in [9.17, 15) is 22.8 Å². The van der Waals surface area contributed by atoms with Gasteiger partial charge in [0.15, 0.2) is 0 Å². The van der Waals surface area contributed by atoms with E-state index in [4.69, 9.17) is 4.74 Å². The van der Waals surface area contributed by atoms with Crippen LogP contribution in [0.1, 0.15) is 11.1 Å². The van der Waals surface area contributed by atoms with E-state index in [1.807, 2.05) is 0 Å². The van der Waals surface area contributed by atoms with Crippen molar-refractivity contribution in [3.8, 4) is 0 Å². The van der Waals surface area contributed by atoms with E-state index in [0.29, 0.717) is 15.4 Å². The van der Waals surface area contributed by atoms with Crippen molar-refractivity contribution in [1.29, 1.82) is 0 Å². The zero-order valence-corrected chi connectivity index (χ0v) is 18.1. The number of carbonyl (C=O) groups excluding carboxylic acids is 2. The van der Waals surface area contributed by atoms with E-state index in [1.165, 1.54) is 17.4 Å². The summed E-state index contributed by atoms with van der Waals surface area (Å²) in [5, 5.41) is 1.93. The summed E-state index contributed by atoms with van der Waals surface area (Å²) in [5.41, 5.74) is -3.08. The third-order valence-electron chi connectivity index (χ3n) is 4.62. The SMILES string of the molecule is COC(=O)C(NC(=O)C(F)(F)F)(OCc1ccccc1)c1ccc2ccc(Br)cc2c1F. The summed E-state index contributed by atoms with van der Waals surface area (Å²) in [6.45, 7) is -0.427. The summed E-state index contributed by atoms with van der Waals surface area (Å²) in [5.74, 6) is -4.98. The molecule has 0 aliphatic carbocycles. The Hall–Kier alpha value is -2.98. The molecular weight excluding hydrogens is 498 g/mol. The zero-order valence-electron chi connectivity index (χ0n) is 16.5. The number of hydrogen-bond donors (Lipinski definition) is 1. The summed E-state index contributed by atoms with van der Waals surface area (Å²) in [6, 6.07) is 15.2. The first-order valence-electron chi connectivity index (χ1n) is 9.12. The number of ether oxygens (including phenoxy) is 2. The number of benzene rings is 3. The van der Waals surface area contributed by atoms with Gasteiger partial charge in [0.2, 0.25) is 0 Å². The predicted molar refractivity (Wildman–Crippen MR) is 111 cm³/mol. The van der Waals surface area contributed by atoms with Crippen LogP contribution in [0, 0.1) is 5.82 Å². The Bertz CT molecular complexity index is 1150. The molecule has 3 aromatic rings. The van der Waals surface area contributed by atoms with Crippen molar-refractivity contribution in [2.24, 2.45) is 0 Å². The number of fused-ring (bicyclic) bond motifs is 1. The summed E-state index contributed by atoms with van der Waals surface area (Å²) < 4.78 is 65.6. The van der Waals surface area contributed by atoms with Crippen molar-refractivity contribution in [1.82, 2.24) is 5.32 Å². The molecule has 0 spiro atoms. The lowest BCUT2D eigenvalue weighted by molar-refractivity contribution is -0.197. The fourth-order valence-corrected chi connectivity index (χ4v) is 3.43. The molecule has 0 aromatic heterocycles. The Labute approximate surface area is 188 Å². The van der Waals surface area contributed by atoms with Gasteiger partial charge in [-0.1, -0.05) is 58.4 Å². The number of halogens is 5. The highest BCUT2D eigenvalue weighted by Gasteiger charge is 2.52. The number of carbonyl (C=O) groups is 2. The van der Waals surface area contributed by atoms with Gasteiger partial charge in [0.1, 0.15) is 5.82 Å². The molecular formula is C22H16BrF4NO4. The van der Waals surface area contributed by atoms with Crippen LogP contribution in [0.4, 0.5) is 17.6 Å². The molecule has 0 bridgehead atoms. The van der Waals surface area contributed by atoms with Crippen molar-refractivity contribution in [3.63, 3.8) is 0 Å². The molecule has 0 saturated heterocycles. The number of methoxy groups -OCH3 is 1. The Balaban J connectivity index is 2.21. The van der Waals surface area contributed by atoms with Crippen LogP contribution in [0.3, 0.4) is 0 Å². The van der Waals surface area contributed by atoms with E-state index in [1.54, 1.807) is 42.5 Å². The topological polar surface area (TPSA) is 64.6 Å². The second kappa shape index (κ2) is 9.25. The van der Waals surface area contributed by atoms with E-state index in [0.717, 1.165) is 13.2 Å². The van der Waals surface area contributed by atoms with Gasteiger partial charge >= 0.3 is 18.1 Å². The van der Waals surface area contributed by atoms with Crippen molar-refractivity contribution in [3.05, 3.63) is 82.1 Å². The molecule has 0 heterocycles. The van der Waals surface area contributed by atoms with E-state index >= 15 is 4.39 Å². The van der Waals surface area contributed by atoms with Crippen LogP contribution >= 0.6 is 15.9 Å². The minimum atomic E-state index is -5.37. The summed E-state index contributed by atoms with van der Waals surface area (Å²) in [4.78, 5) is 24.6. The minimum Gasteiger partial charge on any atom is -0.465 e. The highest BCUT2D eigenvalue weighted by molar-refractivity contribution is 9.10. The van der Waals surface area contributed by atoms with Gasteiger partial charge in [0, 0.05) is 9.86 Å². The van der Waals surface area contributed by atoms with Gasteiger partial charge in [-0.3, -0.25) is 4.79 Å². The predicted octanol–water partition coefficient (Wildman–Crippen LogP) is 4.96. The highest BCUT2D eigenvalue weighted by atomic mass is 79.9. The zero-order chi connectivity index (χ0) is 23.5. The van der Waals surface area contributed by atoms with Gasteiger partial charge in [-0.2, -0.15) is 13.2 Å². The smallest absolute Gasteiger partial charge is 0.465 e. The van der Waals surface area contributed by atoms with E-state index < -0.39 is 41.8 Å². The van der Waals surface area contributed by atoms with Gasteiger partial charge < -0.3 is 14.8 Å². The maximum Gasteiger partial charge on any atom is 0.471 e. The molecule has 10 heteroatoms. The Kier molecular flexibility index (Phi) is 6.85. The van der Waals surface area contributed by atoms with Crippen molar-refractivity contribution >= 4 is 38.6 Å². The molecule has 0 aliphatic heterocycles. The lowest BCUT2D eigenvalue weighted by atomic mass is 9.97. The first-order valence-corrected chi connectivity index (χ1v) is 9.91. The highest BCUT2D eigenvalue weighted by Crippen LogP contribution is 2.34. The number of rotatable bonds is 6. The van der Waals surface area contributed by atoms with Crippen LogP contribution < -0.4 is 5.32 Å². The maximum atomic E-state index is 15.6. The molecule has 3 aromatic carbocycles. The maximum absolute atomic E-state index is 15.6. The monoisotopic (exact) mass is 513 g/mol. The molecule has 168 valence electrons. The summed E-state index contributed by atoms with van der Waals surface area (Å²) >= 11 is 3.20. The van der Waals surface area contributed by atoms with Gasteiger partial charge in [-0.25, -0.2) is 9.18 Å². The van der Waals surface area contributed by atoms with Crippen molar-refractivity contribution in [2.45, 2.75) is 18.5 Å². The molecule has 5 nitrogen and oxygen atoms in total.